The highest BCUT2D eigenvalue weighted by Gasteiger charge is 2.34. The number of nitrogens with zero attached hydrogens (tertiary/aromatic N) is 2. The van der Waals surface area contributed by atoms with Gasteiger partial charge in [0.05, 0.1) is 5.92 Å². The molecule has 1 atom stereocenters. The number of likely N-dealkylation sites (tertiary alicyclic amines) is 1. The number of aliphatic carboxylic acids is 1. The Hall–Kier alpha value is -2.04. The molecule has 0 radical (unpaired) electrons. The SMILES string of the molecule is O=C(O)C1Cc2ccccc2N(C(=O)N2CCCC2)C1. The summed E-state index contributed by atoms with van der Waals surface area (Å²) in [7, 11) is 0. The molecular formula is C15H18N2O3. The Bertz CT molecular complexity index is 538. The van der Waals surface area contributed by atoms with Gasteiger partial charge in [-0.15, -0.1) is 0 Å². The molecule has 1 fully saturated rings. The number of anilines is 1. The van der Waals surface area contributed by atoms with Gasteiger partial charge in [-0.3, -0.25) is 9.69 Å². The average Bonchev–Trinajstić information content (AvgIpc) is 2.99. The number of fused-ring (bicyclic) bond motifs is 1. The molecule has 2 aliphatic heterocycles. The largest absolute Gasteiger partial charge is 0.481 e. The van der Waals surface area contributed by atoms with Crippen molar-refractivity contribution in [2.24, 2.45) is 5.92 Å². The van der Waals surface area contributed by atoms with E-state index in [1.54, 1.807) is 4.90 Å². The van der Waals surface area contributed by atoms with Gasteiger partial charge in [-0.05, 0) is 30.9 Å². The lowest BCUT2D eigenvalue weighted by Crippen LogP contribution is -2.48. The van der Waals surface area contributed by atoms with Gasteiger partial charge in [0.25, 0.3) is 0 Å². The van der Waals surface area contributed by atoms with E-state index in [1.807, 2.05) is 29.2 Å². The third kappa shape index (κ3) is 2.24. The van der Waals surface area contributed by atoms with Crippen LogP contribution in [0.1, 0.15) is 18.4 Å². The van der Waals surface area contributed by atoms with Crippen LogP contribution in [0, 0.1) is 5.92 Å². The van der Waals surface area contributed by atoms with Gasteiger partial charge in [-0.2, -0.15) is 0 Å². The lowest BCUT2D eigenvalue weighted by molar-refractivity contribution is -0.141. The van der Waals surface area contributed by atoms with Crippen LogP contribution in [-0.4, -0.2) is 41.6 Å². The fraction of sp³-hybridized carbons (Fsp3) is 0.467. The van der Waals surface area contributed by atoms with Crippen LogP contribution in [-0.2, 0) is 11.2 Å². The minimum absolute atomic E-state index is 0.0547. The number of carbonyl (C=O) groups is 2. The highest BCUT2D eigenvalue weighted by atomic mass is 16.4. The second kappa shape index (κ2) is 5.15. The highest BCUT2D eigenvalue weighted by Crippen LogP contribution is 2.31. The third-order valence-electron chi connectivity index (χ3n) is 4.11. The third-order valence-corrected chi connectivity index (χ3v) is 4.11. The van der Waals surface area contributed by atoms with Crippen LogP contribution in [0.25, 0.3) is 0 Å². The van der Waals surface area contributed by atoms with Crippen molar-refractivity contribution in [2.75, 3.05) is 24.5 Å². The summed E-state index contributed by atoms with van der Waals surface area (Å²) in [5.41, 5.74) is 1.81. The standard InChI is InChI=1S/C15H18N2O3/c18-14(19)12-9-11-5-1-2-6-13(11)17(10-12)15(20)16-7-3-4-8-16/h1-2,5-6,12H,3-4,7-10H2,(H,18,19). The summed E-state index contributed by atoms with van der Waals surface area (Å²) in [4.78, 5) is 27.4. The van der Waals surface area contributed by atoms with Gasteiger partial charge in [0.1, 0.15) is 0 Å². The number of benzene rings is 1. The Morgan fingerprint density at radius 1 is 1.15 bits per heavy atom. The Morgan fingerprint density at radius 2 is 1.85 bits per heavy atom. The number of amides is 2. The molecule has 2 amide bonds. The van der Waals surface area contributed by atoms with E-state index in [2.05, 4.69) is 0 Å². The van der Waals surface area contributed by atoms with E-state index in [9.17, 15) is 14.7 Å². The number of hydrogen-bond donors (Lipinski definition) is 1. The zero-order chi connectivity index (χ0) is 14.1. The molecule has 1 aromatic rings. The quantitative estimate of drug-likeness (QED) is 0.851. The first-order chi connectivity index (χ1) is 9.66. The molecule has 2 heterocycles. The molecule has 1 aromatic carbocycles. The Balaban J connectivity index is 1.91. The summed E-state index contributed by atoms with van der Waals surface area (Å²) in [5, 5.41) is 9.28. The van der Waals surface area contributed by atoms with Crippen molar-refractivity contribution in [2.45, 2.75) is 19.3 Å². The maximum Gasteiger partial charge on any atom is 0.324 e. The molecule has 20 heavy (non-hydrogen) atoms. The zero-order valence-electron chi connectivity index (χ0n) is 11.3. The maximum atomic E-state index is 12.6. The van der Waals surface area contributed by atoms with Gasteiger partial charge in [0, 0.05) is 25.3 Å². The van der Waals surface area contributed by atoms with Crippen LogP contribution in [0.2, 0.25) is 0 Å². The van der Waals surface area contributed by atoms with E-state index in [4.69, 9.17) is 0 Å². The van der Waals surface area contributed by atoms with Crippen molar-refractivity contribution in [3.05, 3.63) is 29.8 Å². The fourth-order valence-corrected chi connectivity index (χ4v) is 3.02. The molecule has 0 saturated carbocycles. The van der Waals surface area contributed by atoms with Crippen molar-refractivity contribution in [3.63, 3.8) is 0 Å². The number of para-hydroxylation sites is 1. The predicted octanol–water partition coefficient (Wildman–Crippen LogP) is 1.97. The molecule has 5 nitrogen and oxygen atoms in total. The molecule has 1 saturated heterocycles. The van der Waals surface area contributed by atoms with Crippen LogP contribution in [0.3, 0.4) is 0 Å². The van der Waals surface area contributed by atoms with Crippen LogP contribution >= 0.6 is 0 Å². The normalized spacial score (nSPS) is 21.7. The molecular weight excluding hydrogens is 256 g/mol. The number of carboxylic acids is 1. The summed E-state index contributed by atoms with van der Waals surface area (Å²) in [5.74, 6) is -1.35. The highest BCUT2D eigenvalue weighted by molar-refractivity contribution is 5.94. The van der Waals surface area contributed by atoms with Crippen LogP contribution in [0.4, 0.5) is 10.5 Å². The first kappa shape index (κ1) is 13.0. The molecule has 106 valence electrons. The van der Waals surface area contributed by atoms with Gasteiger partial charge in [0.15, 0.2) is 0 Å². The smallest absolute Gasteiger partial charge is 0.324 e. The van der Waals surface area contributed by atoms with E-state index in [0.717, 1.165) is 37.2 Å². The Labute approximate surface area is 117 Å². The molecule has 2 aliphatic rings. The maximum absolute atomic E-state index is 12.6. The number of hydrogen-bond acceptors (Lipinski definition) is 2. The fourth-order valence-electron chi connectivity index (χ4n) is 3.02. The topological polar surface area (TPSA) is 60.9 Å². The molecule has 3 rings (SSSR count). The lowest BCUT2D eigenvalue weighted by Gasteiger charge is -2.35. The summed E-state index contributed by atoms with van der Waals surface area (Å²) < 4.78 is 0. The van der Waals surface area contributed by atoms with E-state index >= 15 is 0 Å². The van der Waals surface area contributed by atoms with E-state index in [1.165, 1.54) is 0 Å². The van der Waals surface area contributed by atoms with Gasteiger partial charge >= 0.3 is 12.0 Å². The monoisotopic (exact) mass is 274 g/mol. The first-order valence-corrected chi connectivity index (χ1v) is 7.04. The molecule has 0 spiro atoms. The van der Waals surface area contributed by atoms with Gasteiger partial charge in [0.2, 0.25) is 0 Å². The Kier molecular flexibility index (Phi) is 3.34. The van der Waals surface area contributed by atoms with Gasteiger partial charge in [-0.25, -0.2) is 4.79 Å². The van der Waals surface area contributed by atoms with E-state index in [-0.39, 0.29) is 12.6 Å². The first-order valence-electron chi connectivity index (χ1n) is 7.04. The van der Waals surface area contributed by atoms with Crippen molar-refractivity contribution in [1.29, 1.82) is 0 Å². The summed E-state index contributed by atoms with van der Waals surface area (Å²) in [6.07, 6.45) is 2.56. The molecule has 0 bridgehead atoms. The summed E-state index contributed by atoms with van der Waals surface area (Å²) in [6.45, 7) is 1.81. The second-order valence-electron chi connectivity index (χ2n) is 5.46. The van der Waals surface area contributed by atoms with Crippen molar-refractivity contribution in [1.82, 2.24) is 4.90 Å². The average molecular weight is 274 g/mol. The molecule has 0 aromatic heterocycles. The van der Waals surface area contributed by atoms with Crippen LogP contribution in [0.15, 0.2) is 24.3 Å². The molecule has 0 aliphatic carbocycles. The van der Waals surface area contributed by atoms with Crippen molar-refractivity contribution < 1.29 is 14.7 Å². The Morgan fingerprint density at radius 3 is 2.55 bits per heavy atom. The summed E-state index contributed by atoms with van der Waals surface area (Å²) in [6, 6.07) is 7.54. The zero-order valence-corrected chi connectivity index (χ0v) is 11.3. The number of carboxylic acid groups (broad SMARTS) is 1. The van der Waals surface area contributed by atoms with Gasteiger partial charge < -0.3 is 10.0 Å². The molecule has 1 N–H and O–H groups in total. The van der Waals surface area contributed by atoms with Gasteiger partial charge in [-0.1, -0.05) is 18.2 Å². The molecule has 5 heteroatoms. The van der Waals surface area contributed by atoms with Crippen molar-refractivity contribution in [3.8, 4) is 0 Å². The number of rotatable bonds is 1. The van der Waals surface area contributed by atoms with Crippen LogP contribution < -0.4 is 4.90 Å². The van der Waals surface area contributed by atoms with E-state index in [0.29, 0.717) is 6.42 Å². The van der Waals surface area contributed by atoms with E-state index < -0.39 is 11.9 Å². The number of urea groups is 1. The molecule has 1 unspecified atom stereocenters. The summed E-state index contributed by atoms with van der Waals surface area (Å²) >= 11 is 0. The van der Waals surface area contributed by atoms with Crippen LogP contribution in [0.5, 0.6) is 0 Å². The lowest BCUT2D eigenvalue weighted by atomic mass is 9.93. The number of carbonyl (C=O) groups excluding carboxylic acids is 1. The second-order valence-corrected chi connectivity index (χ2v) is 5.46. The minimum atomic E-state index is -0.835. The van der Waals surface area contributed by atoms with Crippen molar-refractivity contribution >= 4 is 17.7 Å². The predicted molar refractivity (Wildman–Crippen MR) is 74.8 cm³/mol. The minimum Gasteiger partial charge on any atom is -0.481 e.